The van der Waals surface area contributed by atoms with Gasteiger partial charge in [0.05, 0.1) is 6.04 Å². The van der Waals surface area contributed by atoms with E-state index in [9.17, 15) is 9.59 Å². The third-order valence-electron chi connectivity index (χ3n) is 4.31. The molecule has 5 nitrogen and oxygen atoms in total. The average molecular weight is 336 g/mol. The number of aryl methyl sites for hydroxylation is 1. The summed E-state index contributed by atoms with van der Waals surface area (Å²) in [4.78, 5) is 26.3. The van der Waals surface area contributed by atoms with Gasteiger partial charge in [0.25, 0.3) is 0 Å². The number of hydrogen-bond acceptors (Lipinski definition) is 3. The van der Waals surface area contributed by atoms with Gasteiger partial charge in [-0.15, -0.1) is 0 Å². The number of amides is 3. The van der Waals surface area contributed by atoms with Crippen LogP contribution in [0.2, 0.25) is 0 Å². The predicted molar refractivity (Wildman–Crippen MR) is 95.1 cm³/mol. The summed E-state index contributed by atoms with van der Waals surface area (Å²) in [7, 11) is 0. The molecule has 0 aliphatic carbocycles. The van der Waals surface area contributed by atoms with Crippen LogP contribution in [0.3, 0.4) is 0 Å². The molecule has 2 aromatic rings. The number of ether oxygens (including phenoxy) is 1. The number of urea groups is 1. The van der Waals surface area contributed by atoms with Gasteiger partial charge in [0.15, 0.2) is 0 Å². The van der Waals surface area contributed by atoms with E-state index in [1.54, 1.807) is 12.1 Å². The zero-order chi connectivity index (χ0) is 18.0. The molecule has 2 aromatic carbocycles. The second kappa shape index (κ2) is 6.81. The van der Waals surface area contributed by atoms with Crippen LogP contribution in [0.25, 0.3) is 0 Å². The van der Waals surface area contributed by atoms with Gasteiger partial charge in [0.2, 0.25) is 0 Å². The molecule has 1 heterocycles. The Hall–Kier alpha value is -3.08. The van der Waals surface area contributed by atoms with E-state index < -0.39 is 18.2 Å². The Bertz CT molecular complexity index is 826. The molecule has 3 amide bonds. The predicted octanol–water partition coefficient (Wildman–Crippen LogP) is 4.55. The Morgan fingerprint density at radius 3 is 2.28 bits per heavy atom. The zero-order valence-corrected chi connectivity index (χ0v) is 14.4. The van der Waals surface area contributed by atoms with Gasteiger partial charge >= 0.3 is 12.1 Å². The molecular weight excluding hydrogens is 316 g/mol. The van der Waals surface area contributed by atoms with E-state index in [1.807, 2.05) is 63.2 Å². The second-order valence-electron chi connectivity index (χ2n) is 6.10. The van der Waals surface area contributed by atoms with Crippen molar-refractivity contribution in [3.05, 3.63) is 77.0 Å². The lowest BCUT2D eigenvalue weighted by Gasteiger charge is -2.35. The number of hydrogen-bond donors (Lipinski definition) is 1. The number of carbonyl (C=O) groups excluding carboxylic acids is 2. The molecule has 128 valence electrons. The minimum absolute atomic E-state index is 0.402. The number of nitrogens with zero attached hydrogens (tertiary/aromatic N) is 1. The Morgan fingerprint density at radius 1 is 1.00 bits per heavy atom. The average Bonchev–Trinajstić information content (AvgIpc) is 2.60. The molecule has 0 fully saturated rings. The van der Waals surface area contributed by atoms with E-state index in [-0.39, 0.29) is 0 Å². The van der Waals surface area contributed by atoms with Crippen LogP contribution in [-0.2, 0) is 0 Å². The summed E-state index contributed by atoms with van der Waals surface area (Å²) in [6.07, 6.45) is -0.706. The Kier molecular flexibility index (Phi) is 4.57. The lowest BCUT2D eigenvalue weighted by atomic mass is 9.95. The monoisotopic (exact) mass is 336 g/mol. The molecule has 0 radical (unpaired) electrons. The van der Waals surface area contributed by atoms with E-state index in [2.05, 4.69) is 5.32 Å². The summed E-state index contributed by atoms with van der Waals surface area (Å²) >= 11 is 0. The quantitative estimate of drug-likeness (QED) is 0.875. The SMILES string of the molecule is CC1=C(C)C(c2ccccc2)N(C(=O)Oc2ccc(C)cc2)C(=O)N1. The molecule has 0 saturated heterocycles. The van der Waals surface area contributed by atoms with E-state index >= 15 is 0 Å². The van der Waals surface area contributed by atoms with Gasteiger partial charge in [0, 0.05) is 5.70 Å². The van der Waals surface area contributed by atoms with Crippen molar-refractivity contribution in [1.29, 1.82) is 0 Å². The highest BCUT2D eigenvalue weighted by Gasteiger charge is 2.38. The number of rotatable bonds is 2. The molecule has 1 unspecified atom stereocenters. The molecule has 0 saturated carbocycles. The van der Waals surface area contributed by atoms with Gasteiger partial charge in [-0.25, -0.2) is 14.5 Å². The third kappa shape index (κ3) is 3.40. The van der Waals surface area contributed by atoms with Gasteiger partial charge in [-0.05, 0) is 44.0 Å². The Labute approximate surface area is 146 Å². The standard InChI is InChI=1S/C20H20N2O3/c1-13-9-11-17(12-10-13)25-20(24)22-18(16-7-5-4-6-8-16)14(2)15(3)21-19(22)23/h4-12,18H,1-3H3,(H,21,23). The molecule has 1 N–H and O–H groups in total. The highest BCUT2D eigenvalue weighted by Crippen LogP contribution is 2.33. The smallest absolute Gasteiger partial charge is 0.410 e. The number of allylic oxidation sites excluding steroid dienone is 1. The Morgan fingerprint density at radius 2 is 1.64 bits per heavy atom. The van der Waals surface area contributed by atoms with E-state index in [4.69, 9.17) is 4.74 Å². The number of imide groups is 1. The molecule has 0 bridgehead atoms. The summed E-state index contributed by atoms with van der Waals surface area (Å²) in [6, 6.07) is 15.6. The number of carbonyl (C=O) groups is 2. The highest BCUT2D eigenvalue weighted by molar-refractivity contribution is 5.94. The maximum atomic E-state index is 12.7. The van der Waals surface area contributed by atoms with Gasteiger partial charge in [-0.3, -0.25) is 0 Å². The Balaban J connectivity index is 1.95. The first-order valence-electron chi connectivity index (χ1n) is 8.08. The summed E-state index contributed by atoms with van der Waals surface area (Å²) in [5.74, 6) is 0.402. The van der Waals surface area contributed by atoms with Crippen LogP contribution in [0.15, 0.2) is 65.9 Å². The summed E-state index contributed by atoms with van der Waals surface area (Å²) in [5.41, 5.74) is 3.56. The van der Waals surface area contributed by atoms with Crippen LogP contribution in [0.1, 0.15) is 31.0 Å². The van der Waals surface area contributed by atoms with Crippen LogP contribution in [0.5, 0.6) is 5.75 Å². The summed E-state index contributed by atoms with van der Waals surface area (Å²) in [5, 5.41) is 2.72. The number of benzene rings is 2. The molecule has 0 aromatic heterocycles. The van der Waals surface area contributed by atoms with Crippen molar-refractivity contribution >= 4 is 12.1 Å². The first-order chi connectivity index (χ1) is 12.0. The lowest BCUT2D eigenvalue weighted by Crippen LogP contribution is -2.50. The zero-order valence-electron chi connectivity index (χ0n) is 14.4. The fraction of sp³-hybridized carbons (Fsp3) is 0.200. The fourth-order valence-corrected chi connectivity index (χ4v) is 2.81. The lowest BCUT2D eigenvalue weighted by molar-refractivity contribution is 0.140. The van der Waals surface area contributed by atoms with Crippen molar-refractivity contribution in [3.8, 4) is 5.75 Å². The van der Waals surface area contributed by atoms with Crippen molar-refractivity contribution in [2.75, 3.05) is 0 Å². The van der Waals surface area contributed by atoms with E-state index in [1.165, 1.54) is 0 Å². The van der Waals surface area contributed by atoms with Crippen molar-refractivity contribution in [1.82, 2.24) is 10.2 Å². The van der Waals surface area contributed by atoms with Crippen LogP contribution < -0.4 is 10.1 Å². The van der Waals surface area contributed by atoms with Crippen LogP contribution in [0.4, 0.5) is 9.59 Å². The van der Waals surface area contributed by atoms with Crippen LogP contribution in [-0.4, -0.2) is 17.0 Å². The third-order valence-corrected chi connectivity index (χ3v) is 4.31. The molecule has 1 aliphatic heterocycles. The van der Waals surface area contributed by atoms with Crippen LogP contribution in [0, 0.1) is 6.92 Å². The van der Waals surface area contributed by atoms with Crippen LogP contribution >= 0.6 is 0 Å². The summed E-state index contributed by atoms with van der Waals surface area (Å²) in [6.45, 7) is 5.68. The summed E-state index contributed by atoms with van der Waals surface area (Å²) < 4.78 is 5.42. The molecule has 0 spiro atoms. The van der Waals surface area contributed by atoms with Crippen molar-refractivity contribution < 1.29 is 14.3 Å². The van der Waals surface area contributed by atoms with Gasteiger partial charge in [-0.2, -0.15) is 0 Å². The number of nitrogens with one attached hydrogen (secondary N) is 1. The van der Waals surface area contributed by atoms with Crippen molar-refractivity contribution in [3.63, 3.8) is 0 Å². The second-order valence-corrected chi connectivity index (χ2v) is 6.10. The van der Waals surface area contributed by atoms with Gasteiger partial charge in [-0.1, -0.05) is 48.0 Å². The minimum Gasteiger partial charge on any atom is -0.410 e. The minimum atomic E-state index is -0.706. The topological polar surface area (TPSA) is 58.6 Å². The largest absolute Gasteiger partial charge is 0.424 e. The molecule has 5 heteroatoms. The normalized spacial score (nSPS) is 17.3. The van der Waals surface area contributed by atoms with E-state index in [0.29, 0.717) is 5.75 Å². The molecular formula is C20H20N2O3. The first kappa shape index (κ1) is 16.8. The molecule has 25 heavy (non-hydrogen) atoms. The van der Waals surface area contributed by atoms with Gasteiger partial charge < -0.3 is 10.1 Å². The first-order valence-corrected chi connectivity index (χ1v) is 8.08. The molecule has 1 aliphatic rings. The fourth-order valence-electron chi connectivity index (χ4n) is 2.81. The maximum Gasteiger partial charge on any atom is 0.424 e. The maximum absolute atomic E-state index is 12.7. The van der Waals surface area contributed by atoms with Gasteiger partial charge in [0.1, 0.15) is 5.75 Å². The molecule has 3 rings (SSSR count). The van der Waals surface area contributed by atoms with Crippen molar-refractivity contribution in [2.45, 2.75) is 26.8 Å². The van der Waals surface area contributed by atoms with E-state index in [0.717, 1.165) is 27.3 Å². The highest BCUT2D eigenvalue weighted by atomic mass is 16.6. The molecule has 1 atom stereocenters. The van der Waals surface area contributed by atoms with Crippen molar-refractivity contribution in [2.24, 2.45) is 0 Å².